The van der Waals surface area contributed by atoms with Crippen molar-refractivity contribution in [3.63, 3.8) is 0 Å². The van der Waals surface area contributed by atoms with Crippen molar-refractivity contribution < 1.29 is 31.9 Å². The van der Waals surface area contributed by atoms with E-state index < -0.39 is 24.0 Å². The third-order valence-electron chi connectivity index (χ3n) is 2.86. The highest BCUT2D eigenvalue weighted by Gasteiger charge is 2.32. The molecule has 24 heavy (non-hydrogen) atoms. The number of hydroxylamine groups is 1. The Morgan fingerprint density at radius 1 is 1.17 bits per heavy atom. The van der Waals surface area contributed by atoms with Gasteiger partial charge in [-0.05, 0) is 17.7 Å². The first kappa shape index (κ1) is 16.0. The molecule has 0 unspecified atom stereocenters. The molecule has 0 radical (unpaired) electrons. The average molecular weight is 343 g/mol. The molecule has 1 aliphatic rings. The fourth-order valence-electron chi connectivity index (χ4n) is 1.91. The summed E-state index contributed by atoms with van der Waals surface area (Å²) in [6.45, 7) is 0. The fourth-order valence-corrected chi connectivity index (χ4v) is 1.91. The Kier molecular flexibility index (Phi) is 4.21. The predicted molar refractivity (Wildman–Crippen MR) is 70.8 cm³/mol. The first-order valence-electron chi connectivity index (χ1n) is 6.52. The minimum atomic E-state index is -4.97. The number of benzene rings is 1. The van der Waals surface area contributed by atoms with Crippen molar-refractivity contribution in [2.45, 2.75) is 12.5 Å². The maximum absolute atomic E-state index is 13.7. The molecule has 6 nitrogen and oxygen atoms in total. The fraction of sp³-hybridized carbons (Fsp3) is 0.143. The molecule has 126 valence electrons. The van der Waals surface area contributed by atoms with Crippen LogP contribution in [0.15, 0.2) is 48.9 Å². The molecule has 0 saturated heterocycles. The summed E-state index contributed by atoms with van der Waals surface area (Å²) in [5.74, 6) is -1.52. The monoisotopic (exact) mass is 343 g/mol. The zero-order valence-electron chi connectivity index (χ0n) is 11.7. The van der Waals surface area contributed by atoms with E-state index >= 15 is 0 Å². The van der Waals surface area contributed by atoms with Crippen LogP contribution < -0.4 is 15.0 Å². The first-order chi connectivity index (χ1) is 11.4. The second-order valence-corrected chi connectivity index (χ2v) is 4.59. The van der Waals surface area contributed by atoms with Crippen LogP contribution in [-0.2, 0) is 4.84 Å². The van der Waals surface area contributed by atoms with E-state index in [1.807, 2.05) is 0 Å². The van der Waals surface area contributed by atoms with E-state index in [9.17, 15) is 17.6 Å². The topological polar surface area (TPSA) is 65.5 Å². The molecule has 10 heteroatoms. The Bertz CT molecular complexity index is 753. The Morgan fingerprint density at radius 2 is 1.92 bits per heavy atom. The minimum absolute atomic E-state index is 0.214. The molecule has 2 heterocycles. The highest BCUT2D eigenvalue weighted by atomic mass is 19.4. The van der Waals surface area contributed by atoms with Gasteiger partial charge in [-0.2, -0.15) is 0 Å². The molecule has 1 aromatic carbocycles. The molecular formula is C14H9F4N3O3. The van der Waals surface area contributed by atoms with Gasteiger partial charge in [0, 0.05) is 6.08 Å². The number of alkyl halides is 3. The highest BCUT2D eigenvalue weighted by molar-refractivity contribution is 5.33. The smallest absolute Gasteiger partial charge is 0.436 e. The normalized spacial score (nSPS) is 17.2. The van der Waals surface area contributed by atoms with Gasteiger partial charge < -0.3 is 9.47 Å². The third kappa shape index (κ3) is 3.90. The number of nitrogens with one attached hydrogen (secondary N) is 1. The van der Waals surface area contributed by atoms with Gasteiger partial charge in [0.25, 0.3) is 0 Å². The van der Waals surface area contributed by atoms with Crippen LogP contribution in [0.5, 0.6) is 11.5 Å². The van der Waals surface area contributed by atoms with E-state index in [0.717, 1.165) is 12.1 Å². The average Bonchev–Trinajstić information content (AvgIpc) is 2.97. The Balaban J connectivity index is 1.72. The van der Waals surface area contributed by atoms with Crippen LogP contribution in [0.3, 0.4) is 0 Å². The maximum Gasteiger partial charge on any atom is 0.573 e. The molecule has 3 rings (SSSR count). The van der Waals surface area contributed by atoms with Crippen molar-refractivity contribution in [3.05, 3.63) is 60.3 Å². The molecule has 1 aromatic heterocycles. The predicted octanol–water partition coefficient (Wildman–Crippen LogP) is 3.01. The van der Waals surface area contributed by atoms with Crippen LogP contribution in [0.1, 0.15) is 11.7 Å². The van der Waals surface area contributed by atoms with Crippen molar-refractivity contribution in [2.24, 2.45) is 0 Å². The van der Waals surface area contributed by atoms with Crippen LogP contribution in [0, 0.1) is 5.82 Å². The number of nitrogens with zero attached hydrogens (tertiary/aromatic N) is 2. The number of hydrogen-bond donors (Lipinski definition) is 1. The lowest BCUT2D eigenvalue weighted by Gasteiger charge is -2.12. The molecule has 0 saturated carbocycles. The van der Waals surface area contributed by atoms with Crippen LogP contribution in [-0.4, -0.2) is 16.3 Å². The first-order valence-corrected chi connectivity index (χ1v) is 6.52. The summed E-state index contributed by atoms with van der Waals surface area (Å²) in [5, 5.41) is 0. The standard InChI is InChI=1S/C14H9F4N3O3/c15-10-3-8(1-2-11(10)23-14(16,17)18)12-4-13(21-24-12)22-9-5-19-7-20-6-9/h1-7,12,21H/t12-/m0/s1. The Labute approximate surface area is 132 Å². The summed E-state index contributed by atoms with van der Waals surface area (Å²) in [7, 11) is 0. The van der Waals surface area contributed by atoms with E-state index in [0.29, 0.717) is 5.75 Å². The van der Waals surface area contributed by atoms with Crippen molar-refractivity contribution in [3.8, 4) is 11.5 Å². The zero-order valence-corrected chi connectivity index (χ0v) is 11.7. The van der Waals surface area contributed by atoms with E-state index in [-0.39, 0.29) is 11.4 Å². The lowest BCUT2D eigenvalue weighted by atomic mass is 10.1. The van der Waals surface area contributed by atoms with Gasteiger partial charge in [0.15, 0.2) is 17.3 Å². The van der Waals surface area contributed by atoms with Crippen molar-refractivity contribution >= 4 is 0 Å². The second kappa shape index (κ2) is 6.32. The van der Waals surface area contributed by atoms with Gasteiger partial charge in [0.1, 0.15) is 12.4 Å². The number of rotatable bonds is 4. The summed E-state index contributed by atoms with van der Waals surface area (Å²) in [6, 6.07) is 3.01. The van der Waals surface area contributed by atoms with Gasteiger partial charge in [-0.3, -0.25) is 4.84 Å². The largest absolute Gasteiger partial charge is 0.573 e. The molecular weight excluding hydrogens is 334 g/mol. The molecule has 1 atom stereocenters. The van der Waals surface area contributed by atoms with Gasteiger partial charge >= 0.3 is 6.36 Å². The van der Waals surface area contributed by atoms with Crippen molar-refractivity contribution in [1.29, 1.82) is 0 Å². The Morgan fingerprint density at radius 3 is 2.58 bits per heavy atom. The molecule has 1 aliphatic heterocycles. The lowest BCUT2D eigenvalue weighted by molar-refractivity contribution is -0.275. The summed E-state index contributed by atoms with van der Waals surface area (Å²) >= 11 is 0. The molecule has 1 N–H and O–H groups in total. The van der Waals surface area contributed by atoms with E-state index in [4.69, 9.17) is 9.57 Å². The van der Waals surface area contributed by atoms with Gasteiger partial charge in [0.2, 0.25) is 5.88 Å². The quantitative estimate of drug-likeness (QED) is 0.861. The van der Waals surface area contributed by atoms with Crippen LogP contribution in [0.25, 0.3) is 0 Å². The molecule has 0 fully saturated rings. The van der Waals surface area contributed by atoms with Crippen LogP contribution in [0.4, 0.5) is 17.6 Å². The number of hydrogen-bond acceptors (Lipinski definition) is 6. The van der Waals surface area contributed by atoms with Gasteiger partial charge in [-0.1, -0.05) is 6.07 Å². The van der Waals surface area contributed by atoms with Crippen molar-refractivity contribution in [1.82, 2.24) is 15.4 Å². The van der Waals surface area contributed by atoms with Crippen molar-refractivity contribution in [2.75, 3.05) is 0 Å². The zero-order chi connectivity index (χ0) is 17.2. The second-order valence-electron chi connectivity index (χ2n) is 4.59. The number of ether oxygens (including phenoxy) is 2. The summed E-state index contributed by atoms with van der Waals surface area (Å²) in [5.41, 5.74) is 2.75. The Hall–Kier alpha value is -2.88. The summed E-state index contributed by atoms with van der Waals surface area (Å²) in [4.78, 5) is 12.7. The van der Waals surface area contributed by atoms with Crippen LogP contribution >= 0.6 is 0 Å². The molecule has 0 bridgehead atoms. The van der Waals surface area contributed by atoms with E-state index in [2.05, 4.69) is 20.2 Å². The minimum Gasteiger partial charge on any atom is -0.436 e. The van der Waals surface area contributed by atoms with Gasteiger partial charge in [-0.15, -0.1) is 13.2 Å². The molecule has 0 amide bonds. The third-order valence-corrected chi connectivity index (χ3v) is 2.86. The highest BCUT2D eigenvalue weighted by Crippen LogP contribution is 2.31. The SMILES string of the molecule is Fc1cc([C@@H]2C=C(Oc3cncnc3)NO2)ccc1OC(F)(F)F. The van der Waals surface area contributed by atoms with Crippen LogP contribution in [0.2, 0.25) is 0 Å². The van der Waals surface area contributed by atoms with E-state index in [1.165, 1.54) is 30.9 Å². The van der Waals surface area contributed by atoms with E-state index in [1.54, 1.807) is 0 Å². The summed E-state index contributed by atoms with van der Waals surface area (Å²) < 4.78 is 59.0. The maximum atomic E-state index is 13.7. The number of halogens is 4. The summed E-state index contributed by atoms with van der Waals surface area (Å²) in [6.07, 6.45) is -0.0643. The molecule has 2 aromatic rings. The van der Waals surface area contributed by atoms with Gasteiger partial charge in [-0.25, -0.2) is 19.8 Å². The lowest BCUT2D eigenvalue weighted by Crippen LogP contribution is -2.18. The number of aromatic nitrogens is 2. The molecule has 0 spiro atoms. The molecule has 0 aliphatic carbocycles. The van der Waals surface area contributed by atoms with Gasteiger partial charge in [0.05, 0.1) is 12.4 Å².